The molecule has 2 aliphatic carbocycles. The third kappa shape index (κ3) is 3.60. The van der Waals surface area contributed by atoms with Crippen molar-refractivity contribution >= 4 is 27.5 Å². The van der Waals surface area contributed by atoms with Gasteiger partial charge in [0.05, 0.1) is 5.41 Å². The Labute approximate surface area is 189 Å². The molecule has 2 heteroatoms. The van der Waals surface area contributed by atoms with Gasteiger partial charge in [-0.1, -0.05) is 93.5 Å². The molecule has 3 atom stereocenters. The van der Waals surface area contributed by atoms with Crippen LogP contribution >= 0.6 is 10.5 Å². The predicted octanol–water partition coefficient (Wildman–Crippen LogP) is 5.19. The summed E-state index contributed by atoms with van der Waals surface area (Å²) in [5.41, 5.74) is 1.57. The first-order valence-corrected chi connectivity index (χ1v) is 13.2. The molecule has 0 bridgehead atoms. The van der Waals surface area contributed by atoms with Gasteiger partial charge in [-0.2, -0.15) is 0 Å². The van der Waals surface area contributed by atoms with E-state index in [1.54, 1.807) is 4.86 Å². The van der Waals surface area contributed by atoms with Gasteiger partial charge in [0.2, 0.25) is 0 Å². The Morgan fingerprint density at radius 2 is 1.74 bits per heavy atom. The second-order valence-corrected chi connectivity index (χ2v) is 11.2. The summed E-state index contributed by atoms with van der Waals surface area (Å²) < 4.78 is 0. The van der Waals surface area contributed by atoms with Gasteiger partial charge in [-0.05, 0) is 51.9 Å². The molecule has 0 saturated heterocycles. The van der Waals surface area contributed by atoms with Crippen LogP contribution < -0.4 is 15.8 Å². The molecule has 2 unspecified atom stereocenters. The summed E-state index contributed by atoms with van der Waals surface area (Å²) >= 11 is 0. The fourth-order valence-corrected chi connectivity index (χ4v) is 8.36. The molecule has 5 rings (SSSR count). The highest BCUT2D eigenvalue weighted by Gasteiger charge is 2.44. The van der Waals surface area contributed by atoms with Crippen molar-refractivity contribution in [2.45, 2.75) is 50.0 Å². The van der Waals surface area contributed by atoms with Gasteiger partial charge in [0, 0.05) is 22.7 Å². The molecule has 1 spiro atoms. The molecule has 0 radical (unpaired) electrons. The van der Waals surface area contributed by atoms with Crippen molar-refractivity contribution in [1.82, 2.24) is 5.32 Å². The van der Waals surface area contributed by atoms with Crippen molar-refractivity contribution in [1.29, 1.82) is 0 Å². The third-order valence-corrected chi connectivity index (χ3v) is 10.0. The number of fused-ring (bicyclic) bond motifs is 1. The number of allylic oxidation sites excluding steroid dienone is 3. The number of benzene rings is 2. The Kier molecular flexibility index (Phi) is 5.62. The first-order valence-electron chi connectivity index (χ1n) is 11.8. The van der Waals surface area contributed by atoms with E-state index in [1.165, 1.54) is 52.3 Å². The molecular weight excluding hydrogens is 394 g/mol. The lowest BCUT2D eigenvalue weighted by Crippen LogP contribution is -2.52. The summed E-state index contributed by atoms with van der Waals surface area (Å²) in [4.78, 5) is 3.06. The van der Waals surface area contributed by atoms with Crippen molar-refractivity contribution in [2.75, 3.05) is 12.3 Å². The van der Waals surface area contributed by atoms with E-state index in [0.717, 1.165) is 6.54 Å². The van der Waals surface area contributed by atoms with Gasteiger partial charge in [0.25, 0.3) is 0 Å². The maximum absolute atomic E-state index is 4.16. The molecule has 1 N–H and O–H groups in total. The molecule has 0 saturated carbocycles. The van der Waals surface area contributed by atoms with Crippen LogP contribution in [0.5, 0.6) is 0 Å². The van der Waals surface area contributed by atoms with Crippen LogP contribution in [-0.2, 0) is 0 Å². The maximum atomic E-state index is 4.16. The molecule has 0 amide bonds. The van der Waals surface area contributed by atoms with E-state index in [4.69, 9.17) is 0 Å². The van der Waals surface area contributed by atoms with Crippen molar-refractivity contribution in [3.05, 3.63) is 88.8 Å². The number of hydrogen-bond donors (Lipinski definition) is 1. The van der Waals surface area contributed by atoms with Gasteiger partial charge >= 0.3 is 0 Å². The Morgan fingerprint density at radius 3 is 2.52 bits per heavy atom. The zero-order chi connectivity index (χ0) is 21.3. The van der Waals surface area contributed by atoms with Crippen molar-refractivity contribution < 1.29 is 0 Å². The van der Waals surface area contributed by atoms with Crippen molar-refractivity contribution in [2.24, 2.45) is 5.41 Å². The largest absolute Gasteiger partial charge is 0.309 e. The lowest BCUT2D eigenvalue weighted by atomic mass is 9.71. The first-order chi connectivity index (χ1) is 15.2. The van der Waals surface area contributed by atoms with Crippen molar-refractivity contribution in [3.8, 4) is 0 Å². The quantitative estimate of drug-likeness (QED) is 0.648. The summed E-state index contributed by atoms with van der Waals surface area (Å²) in [5.74, 6) is 1.19. The maximum Gasteiger partial charge on any atom is 0.0570 e. The minimum atomic E-state index is -0.0643. The Balaban J connectivity index is 1.76. The second-order valence-electron chi connectivity index (χ2n) is 9.17. The molecule has 1 nitrogen and oxygen atoms in total. The molecule has 31 heavy (non-hydrogen) atoms. The SMILES string of the molecule is CCCC[C@]1(CC)CS(c2ccccc2)=C2C=CC=C3C=c4ccccc4=CC32CN1. The van der Waals surface area contributed by atoms with E-state index in [2.05, 4.69) is 104 Å². The van der Waals surface area contributed by atoms with Crippen LogP contribution in [-0.4, -0.2) is 22.7 Å². The van der Waals surface area contributed by atoms with Crippen molar-refractivity contribution in [3.63, 3.8) is 0 Å². The van der Waals surface area contributed by atoms with E-state index >= 15 is 0 Å². The van der Waals surface area contributed by atoms with Gasteiger partial charge < -0.3 is 5.32 Å². The van der Waals surface area contributed by atoms with Gasteiger partial charge in [-0.25, -0.2) is 0 Å². The van der Waals surface area contributed by atoms with E-state index in [0.29, 0.717) is 0 Å². The van der Waals surface area contributed by atoms with Crippen LogP contribution in [0.3, 0.4) is 0 Å². The zero-order valence-electron chi connectivity index (χ0n) is 18.7. The van der Waals surface area contributed by atoms with Gasteiger partial charge in [0.15, 0.2) is 0 Å². The minimum absolute atomic E-state index is 0.0562. The summed E-state index contributed by atoms with van der Waals surface area (Å²) in [6, 6.07) is 20.1. The van der Waals surface area contributed by atoms with Crippen LogP contribution in [0, 0.1) is 5.41 Å². The molecule has 3 aliphatic rings. The van der Waals surface area contributed by atoms with Gasteiger partial charge in [0.1, 0.15) is 0 Å². The second kappa shape index (κ2) is 8.41. The van der Waals surface area contributed by atoms with Crippen LogP contribution in [0.4, 0.5) is 0 Å². The van der Waals surface area contributed by atoms with E-state index in [1.807, 2.05) is 0 Å². The van der Waals surface area contributed by atoms with Crippen LogP contribution in [0.15, 0.2) is 83.3 Å². The Bertz CT molecular complexity index is 1190. The minimum Gasteiger partial charge on any atom is -0.309 e. The molecule has 0 fully saturated rings. The summed E-state index contributed by atoms with van der Waals surface area (Å²) in [7, 11) is 0.0562. The smallest absolute Gasteiger partial charge is 0.0570 e. The normalized spacial score (nSPS) is 28.9. The number of rotatable bonds is 5. The molecular formula is C29H33NS. The molecule has 1 aliphatic heterocycles. The number of nitrogens with one attached hydrogen (secondary N) is 1. The van der Waals surface area contributed by atoms with Crippen LogP contribution in [0.2, 0.25) is 0 Å². The standard InChI is InChI=1S/C29H33NS/c1-3-5-18-28(4-2)22-31(26-15-7-6-8-16-26)27-17-11-14-25-19-23-12-9-10-13-24(23)20-29(25,27)21-30-28/h6-17,19-20,30H,3-5,18,21-22H2,1-2H3/t28-,29?,31?/m1/s1. The topological polar surface area (TPSA) is 12.0 Å². The summed E-state index contributed by atoms with van der Waals surface area (Å²) in [6.07, 6.45) is 17.0. The zero-order valence-corrected chi connectivity index (χ0v) is 19.6. The molecule has 2 aromatic rings. The third-order valence-electron chi connectivity index (χ3n) is 7.33. The highest BCUT2D eigenvalue weighted by molar-refractivity contribution is 8.16. The number of unbranched alkanes of at least 4 members (excludes halogenated alkanes) is 1. The van der Waals surface area contributed by atoms with E-state index in [9.17, 15) is 0 Å². The van der Waals surface area contributed by atoms with E-state index < -0.39 is 0 Å². The lowest BCUT2D eigenvalue weighted by molar-refractivity contribution is 0.307. The lowest BCUT2D eigenvalue weighted by Gasteiger charge is -2.39. The highest BCUT2D eigenvalue weighted by atomic mass is 32.2. The Hall–Kier alpha value is -2.16. The van der Waals surface area contributed by atoms with Crippen LogP contribution in [0.1, 0.15) is 39.5 Å². The fraction of sp³-hybridized carbons (Fsp3) is 0.345. The average Bonchev–Trinajstić information content (AvgIpc) is 2.96. The summed E-state index contributed by atoms with van der Waals surface area (Å²) in [6.45, 7) is 5.68. The monoisotopic (exact) mass is 427 g/mol. The van der Waals surface area contributed by atoms with Gasteiger partial charge in [-0.3, -0.25) is 0 Å². The Morgan fingerprint density at radius 1 is 0.968 bits per heavy atom. The average molecular weight is 428 g/mol. The molecule has 1 heterocycles. The molecule has 0 aromatic heterocycles. The highest BCUT2D eigenvalue weighted by Crippen LogP contribution is 2.48. The van der Waals surface area contributed by atoms with Crippen LogP contribution in [0.25, 0.3) is 12.2 Å². The fourth-order valence-electron chi connectivity index (χ4n) is 5.37. The predicted molar refractivity (Wildman–Crippen MR) is 137 cm³/mol. The first kappa shape index (κ1) is 20.7. The van der Waals surface area contributed by atoms with E-state index in [-0.39, 0.29) is 21.4 Å². The summed E-state index contributed by atoms with van der Waals surface area (Å²) in [5, 5.41) is 6.86. The number of hydrogen-bond acceptors (Lipinski definition) is 1. The molecule has 160 valence electrons. The molecule has 2 aromatic carbocycles. The van der Waals surface area contributed by atoms with Gasteiger partial charge in [-0.15, -0.1) is 10.5 Å².